The van der Waals surface area contributed by atoms with Crippen LogP contribution in [0, 0.1) is 0 Å². The van der Waals surface area contributed by atoms with Gasteiger partial charge in [0.25, 0.3) is 0 Å². The minimum absolute atomic E-state index is 0.264. The molecule has 2 aliphatic rings. The van der Waals surface area contributed by atoms with Crippen molar-refractivity contribution < 1.29 is 4.74 Å². The molecule has 1 N–H and O–H groups in total. The Bertz CT molecular complexity index is 126. The van der Waals surface area contributed by atoms with Crippen molar-refractivity contribution in [1.29, 1.82) is 0 Å². The zero-order chi connectivity index (χ0) is 5.45. The van der Waals surface area contributed by atoms with Crippen molar-refractivity contribution in [3.05, 3.63) is 12.2 Å². The number of hydrogen-bond acceptors (Lipinski definition) is 2. The van der Waals surface area contributed by atoms with E-state index in [1.54, 1.807) is 0 Å². The van der Waals surface area contributed by atoms with E-state index in [4.69, 9.17) is 4.74 Å². The van der Waals surface area contributed by atoms with Crippen LogP contribution in [0.25, 0.3) is 0 Å². The highest BCUT2D eigenvalue weighted by Gasteiger charge is 2.36. The molecule has 1 saturated heterocycles. The fourth-order valence-corrected chi connectivity index (χ4v) is 1.13. The molecule has 2 rings (SSSR count). The molecule has 8 heavy (non-hydrogen) atoms. The Balaban J connectivity index is 2.13. The number of ether oxygens (including phenoxy) is 1. The maximum atomic E-state index is 5.05. The second kappa shape index (κ2) is 1.33. The van der Waals surface area contributed by atoms with E-state index in [0.29, 0.717) is 0 Å². The van der Waals surface area contributed by atoms with Gasteiger partial charge in [-0.25, -0.2) is 0 Å². The molecule has 1 spiro atoms. The molecule has 0 atom stereocenters. The number of rotatable bonds is 0. The van der Waals surface area contributed by atoms with Crippen LogP contribution in [0.3, 0.4) is 0 Å². The van der Waals surface area contributed by atoms with E-state index in [-0.39, 0.29) is 5.54 Å². The largest absolute Gasteiger partial charge is 0.377 e. The highest BCUT2D eigenvalue weighted by molar-refractivity contribution is 5.17. The maximum Gasteiger partial charge on any atom is 0.0841 e. The lowest BCUT2D eigenvalue weighted by Gasteiger charge is -2.36. The first-order valence-corrected chi connectivity index (χ1v) is 2.92. The molecule has 2 heterocycles. The summed E-state index contributed by atoms with van der Waals surface area (Å²) in [5.74, 6) is 0. The smallest absolute Gasteiger partial charge is 0.0841 e. The minimum Gasteiger partial charge on any atom is -0.377 e. The average Bonchev–Trinajstić information content (AvgIpc) is 2.07. The van der Waals surface area contributed by atoms with Crippen LogP contribution >= 0.6 is 0 Å². The molecule has 0 bridgehead atoms. The summed E-state index contributed by atoms with van der Waals surface area (Å²) in [7, 11) is 0. The van der Waals surface area contributed by atoms with Gasteiger partial charge in [-0.1, -0.05) is 12.2 Å². The fourth-order valence-electron chi connectivity index (χ4n) is 1.13. The highest BCUT2D eigenvalue weighted by Crippen LogP contribution is 2.20. The number of nitrogens with one attached hydrogen (secondary N) is 1. The van der Waals surface area contributed by atoms with Gasteiger partial charge in [-0.3, -0.25) is 0 Å². The fraction of sp³-hybridized carbons (Fsp3) is 0.667. The molecule has 0 saturated carbocycles. The van der Waals surface area contributed by atoms with Gasteiger partial charge in [-0.05, 0) is 0 Å². The third kappa shape index (κ3) is 0.443. The molecule has 0 radical (unpaired) electrons. The van der Waals surface area contributed by atoms with Gasteiger partial charge in [0.1, 0.15) is 0 Å². The van der Waals surface area contributed by atoms with Crippen molar-refractivity contribution in [2.24, 2.45) is 0 Å². The summed E-state index contributed by atoms with van der Waals surface area (Å²) in [4.78, 5) is 0. The van der Waals surface area contributed by atoms with Crippen molar-refractivity contribution in [2.45, 2.75) is 5.54 Å². The van der Waals surface area contributed by atoms with Crippen LogP contribution in [0.5, 0.6) is 0 Å². The molecule has 2 nitrogen and oxygen atoms in total. The van der Waals surface area contributed by atoms with Gasteiger partial charge >= 0.3 is 0 Å². The van der Waals surface area contributed by atoms with Crippen molar-refractivity contribution in [1.82, 2.24) is 5.32 Å². The summed E-state index contributed by atoms with van der Waals surface area (Å²) >= 11 is 0. The molecule has 44 valence electrons. The summed E-state index contributed by atoms with van der Waals surface area (Å²) in [5.41, 5.74) is 0.264. The lowest BCUT2D eigenvalue weighted by Crippen LogP contribution is -2.56. The van der Waals surface area contributed by atoms with E-state index in [9.17, 15) is 0 Å². The summed E-state index contributed by atoms with van der Waals surface area (Å²) < 4.78 is 5.05. The van der Waals surface area contributed by atoms with Crippen molar-refractivity contribution >= 4 is 0 Å². The second-order valence-corrected chi connectivity index (χ2v) is 2.43. The van der Waals surface area contributed by atoms with Crippen LogP contribution in [0.2, 0.25) is 0 Å². The summed E-state index contributed by atoms with van der Waals surface area (Å²) in [6.45, 7) is 2.75. The standard InChI is InChI=1S/C6H9NO/c1-2-6(7-3-1)4-8-5-6/h1-2,7H,3-5H2. The van der Waals surface area contributed by atoms with Crippen LogP contribution in [-0.4, -0.2) is 25.3 Å². The topological polar surface area (TPSA) is 21.3 Å². The number of hydrogen-bond donors (Lipinski definition) is 1. The molecular formula is C6H9NO. The zero-order valence-corrected chi connectivity index (χ0v) is 4.68. The molecule has 0 aliphatic carbocycles. The summed E-state index contributed by atoms with van der Waals surface area (Å²) in [6, 6.07) is 0. The third-order valence-corrected chi connectivity index (χ3v) is 1.73. The van der Waals surface area contributed by atoms with Crippen LogP contribution < -0.4 is 5.32 Å². The van der Waals surface area contributed by atoms with Gasteiger partial charge in [0.15, 0.2) is 0 Å². The quantitative estimate of drug-likeness (QED) is 0.441. The normalized spacial score (nSPS) is 31.0. The SMILES string of the molecule is C1=CC2(COC2)NC1. The third-order valence-electron chi connectivity index (χ3n) is 1.73. The van der Waals surface area contributed by atoms with Gasteiger partial charge in [0.2, 0.25) is 0 Å². The summed E-state index contributed by atoms with van der Waals surface area (Å²) in [6.07, 6.45) is 4.36. The first kappa shape index (κ1) is 4.53. The molecule has 0 unspecified atom stereocenters. The minimum atomic E-state index is 0.264. The van der Waals surface area contributed by atoms with Gasteiger partial charge in [-0.2, -0.15) is 0 Å². The molecule has 0 amide bonds. The van der Waals surface area contributed by atoms with E-state index >= 15 is 0 Å². The van der Waals surface area contributed by atoms with Crippen LogP contribution in [0.1, 0.15) is 0 Å². The second-order valence-electron chi connectivity index (χ2n) is 2.43. The molecule has 2 aliphatic heterocycles. The Kier molecular flexibility index (Phi) is 0.754. The molecule has 2 heteroatoms. The van der Waals surface area contributed by atoms with E-state index in [2.05, 4.69) is 17.5 Å². The molecule has 0 aromatic heterocycles. The van der Waals surface area contributed by atoms with E-state index in [1.807, 2.05) is 0 Å². The first-order chi connectivity index (χ1) is 3.91. The predicted octanol–water partition coefficient (Wildman–Crippen LogP) is -0.0852. The zero-order valence-electron chi connectivity index (χ0n) is 4.68. The van der Waals surface area contributed by atoms with Crippen LogP contribution in [0.15, 0.2) is 12.2 Å². The highest BCUT2D eigenvalue weighted by atomic mass is 16.5. The molecular weight excluding hydrogens is 102 g/mol. The lowest BCUT2D eigenvalue weighted by atomic mass is 10.0. The Morgan fingerprint density at radius 2 is 2.38 bits per heavy atom. The van der Waals surface area contributed by atoms with Crippen LogP contribution in [0.4, 0.5) is 0 Å². The van der Waals surface area contributed by atoms with Gasteiger partial charge in [-0.15, -0.1) is 0 Å². The monoisotopic (exact) mass is 111 g/mol. The summed E-state index contributed by atoms with van der Waals surface area (Å²) in [5, 5.41) is 3.33. The Morgan fingerprint density at radius 3 is 2.62 bits per heavy atom. The van der Waals surface area contributed by atoms with Gasteiger partial charge in [0, 0.05) is 6.54 Å². The van der Waals surface area contributed by atoms with E-state index < -0.39 is 0 Å². The maximum absolute atomic E-state index is 5.05. The Hall–Kier alpha value is -0.340. The van der Waals surface area contributed by atoms with Crippen molar-refractivity contribution in [3.63, 3.8) is 0 Å². The first-order valence-electron chi connectivity index (χ1n) is 2.92. The lowest BCUT2D eigenvalue weighted by molar-refractivity contribution is -0.0421. The Labute approximate surface area is 48.5 Å². The molecule has 0 aromatic carbocycles. The van der Waals surface area contributed by atoms with Crippen LogP contribution in [-0.2, 0) is 4.74 Å². The van der Waals surface area contributed by atoms with Gasteiger partial charge in [0.05, 0.1) is 18.8 Å². The van der Waals surface area contributed by atoms with E-state index in [0.717, 1.165) is 19.8 Å². The van der Waals surface area contributed by atoms with Crippen molar-refractivity contribution in [3.8, 4) is 0 Å². The molecule has 0 aromatic rings. The predicted molar refractivity (Wildman–Crippen MR) is 30.7 cm³/mol. The van der Waals surface area contributed by atoms with Gasteiger partial charge < -0.3 is 10.1 Å². The average molecular weight is 111 g/mol. The molecule has 1 fully saturated rings. The van der Waals surface area contributed by atoms with Crippen molar-refractivity contribution in [2.75, 3.05) is 19.8 Å². The Morgan fingerprint density at radius 1 is 1.50 bits per heavy atom. The van der Waals surface area contributed by atoms with E-state index in [1.165, 1.54) is 0 Å².